The molecule has 4 aliphatic heterocycles. The van der Waals surface area contributed by atoms with Crippen molar-refractivity contribution in [2.45, 2.75) is 84.5 Å². The summed E-state index contributed by atoms with van der Waals surface area (Å²) in [5, 5.41) is 16.0. The average Bonchev–Trinajstić information content (AvgIpc) is 3.52. The Bertz CT molecular complexity index is 2540. The lowest BCUT2D eigenvalue weighted by Gasteiger charge is -2.63. The molecule has 4 aromatic rings. The number of rotatable bonds is 9. The highest BCUT2D eigenvalue weighted by Crippen LogP contribution is 2.56. The second-order valence-electron chi connectivity index (χ2n) is 19.1. The van der Waals surface area contributed by atoms with Crippen molar-refractivity contribution in [3.63, 3.8) is 0 Å². The van der Waals surface area contributed by atoms with Gasteiger partial charge in [-0.05, 0) is 98.8 Å². The van der Waals surface area contributed by atoms with Crippen molar-refractivity contribution >= 4 is 51.8 Å². The number of carbonyl (C=O) groups is 5. The number of nitrogens with one attached hydrogen (secondary N) is 2. The summed E-state index contributed by atoms with van der Waals surface area (Å²) < 4.78 is 6.66. The van der Waals surface area contributed by atoms with E-state index in [0.29, 0.717) is 39.4 Å². The van der Waals surface area contributed by atoms with E-state index in [0.717, 1.165) is 73.8 Å². The Balaban J connectivity index is 0.751. The van der Waals surface area contributed by atoms with Gasteiger partial charge >= 0.3 is 0 Å². The van der Waals surface area contributed by atoms with Gasteiger partial charge in [-0.1, -0.05) is 27.7 Å². The number of aromatic nitrogens is 1. The number of carbonyl (C=O) groups excluding carboxylic acids is 5. The Labute approximate surface area is 367 Å². The van der Waals surface area contributed by atoms with E-state index in [1.165, 1.54) is 0 Å². The number of ether oxygens (including phenoxy) is 1. The third-order valence-corrected chi connectivity index (χ3v) is 14.4. The maximum absolute atomic E-state index is 13.7. The lowest BCUT2D eigenvalue weighted by Crippen LogP contribution is -2.74. The molecule has 0 radical (unpaired) electrons. The molecule has 5 aliphatic rings. The molecule has 9 rings (SSSR count). The summed E-state index contributed by atoms with van der Waals surface area (Å²) in [5.41, 5.74) is 3.60. The molecule has 3 aromatic carbocycles. The van der Waals surface area contributed by atoms with Crippen LogP contribution in [0.4, 0.5) is 11.4 Å². The van der Waals surface area contributed by atoms with Crippen LogP contribution in [0.25, 0.3) is 10.9 Å². The second kappa shape index (κ2) is 16.1. The molecule has 0 bridgehead atoms. The predicted molar refractivity (Wildman–Crippen MR) is 237 cm³/mol. The number of nitrogens with zero attached hydrogens (tertiary/aromatic N) is 6. The van der Waals surface area contributed by atoms with Crippen LogP contribution in [0.3, 0.4) is 0 Å². The standard InChI is InChI=1S/C49H54N8O6/c1-29-27-56(34-13-14-35-37(25-34)45(62)57(44(35)61)38-15-17-40(58)52-43(38)60)24-23-55(29)28-30-18-21-54(22-19-30)33-11-8-31(9-12-33)42(59)53-46-48(2,3)47(49(46,4)5)63-39-16-10-32(26-50)41-36(39)7-6-20-51-41/h6-14,16,20,25,29-30,38,46-47H,15,17-19,21-24,27-28H2,1-5H3,(H,53,59)(H,52,58,60)/t29-,38?,46?,47?/m1/s1. The fourth-order valence-electron chi connectivity index (χ4n) is 11.2. The normalized spacial score (nSPS) is 24.7. The molecule has 63 heavy (non-hydrogen) atoms. The van der Waals surface area contributed by atoms with Gasteiger partial charge < -0.3 is 19.9 Å². The van der Waals surface area contributed by atoms with Crippen molar-refractivity contribution < 1.29 is 28.7 Å². The number of amides is 5. The second-order valence-corrected chi connectivity index (χ2v) is 19.1. The molecule has 1 saturated carbocycles. The smallest absolute Gasteiger partial charge is 0.262 e. The van der Waals surface area contributed by atoms with Crippen LogP contribution in [0, 0.1) is 28.1 Å². The van der Waals surface area contributed by atoms with Crippen molar-refractivity contribution in [2.24, 2.45) is 16.7 Å². The van der Waals surface area contributed by atoms with Gasteiger partial charge in [-0.15, -0.1) is 0 Å². The molecule has 0 spiro atoms. The van der Waals surface area contributed by atoms with Crippen LogP contribution in [-0.4, -0.2) is 108 Å². The van der Waals surface area contributed by atoms with E-state index >= 15 is 0 Å². The highest BCUT2D eigenvalue weighted by Gasteiger charge is 2.64. The Hall–Kier alpha value is -6.33. The largest absolute Gasteiger partial charge is 0.488 e. The van der Waals surface area contributed by atoms with E-state index in [9.17, 15) is 29.2 Å². The summed E-state index contributed by atoms with van der Waals surface area (Å²) in [6.45, 7) is 16.1. The van der Waals surface area contributed by atoms with E-state index in [1.807, 2.05) is 36.4 Å². The Morgan fingerprint density at radius 1 is 0.873 bits per heavy atom. The molecular formula is C49H54N8O6. The number of pyridine rings is 1. The zero-order chi connectivity index (χ0) is 44.4. The van der Waals surface area contributed by atoms with Crippen LogP contribution in [0.15, 0.2) is 72.9 Å². The van der Waals surface area contributed by atoms with Gasteiger partial charge in [0.1, 0.15) is 24.0 Å². The molecular weight excluding hydrogens is 797 g/mol. The maximum Gasteiger partial charge on any atom is 0.262 e. The SMILES string of the molecule is C[C@@H]1CN(c2ccc3c(c2)C(=O)N(C2CCC(=O)NC2=O)C3=O)CCN1CC1CCN(c2ccc(C(=O)NC3C(C)(C)C(Oc4ccc(C#N)c5ncccc45)C3(C)C)cc2)CC1. The van der Waals surface area contributed by atoms with Crippen LogP contribution in [0.1, 0.15) is 96.9 Å². The molecule has 14 heteroatoms. The molecule has 5 amide bonds. The minimum atomic E-state index is -0.980. The first-order chi connectivity index (χ1) is 30.1. The van der Waals surface area contributed by atoms with Gasteiger partial charge in [0.05, 0.1) is 22.2 Å². The van der Waals surface area contributed by atoms with Crippen molar-refractivity contribution in [3.8, 4) is 11.8 Å². The van der Waals surface area contributed by atoms with E-state index in [4.69, 9.17) is 4.74 Å². The molecule has 1 aliphatic carbocycles. The number of piperidine rings is 2. The van der Waals surface area contributed by atoms with Gasteiger partial charge in [0.15, 0.2) is 0 Å². The summed E-state index contributed by atoms with van der Waals surface area (Å²) in [4.78, 5) is 77.1. The summed E-state index contributed by atoms with van der Waals surface area (Å²) in [7, 11) is 0. The molecule has 14 nitrogen and oxygen atoms in total. The fourth-order valence-corrected chi connectivity index (χ4v) is 11.2. The summed E-state index contributed by atoms with van der Waals surface area (Å²) in [6, 6.07) is 22.0. The molecule has 2 N–H and O–H groups in total. The van der Waals surface area contributed by atoms with Crippen molar-refractivity contribution in [3.05, 3.63) is 95.2 Å². The lowest BCUT2D eigenvalue weighted by molar-refractivity contribution is -0.163. The Kier molecular flexibility index (Phi) is 10.7. The minimum Gasteiger partial charge on any atom is -0.488 e. The van der Waals surface area contributed by atoms with Crippen LogP contribution in [0.2, 0.25) is 0 Å². The van der Waals surface area contributed by atoms with E-state index < -0.39 is 29.7 Å². The van der Waals surface area contributed by atoms with E-state index in [2.05, 4.69) is 83.1 Å². The number of nitriles is 1. The molecule has 3 saturated heterocycles. The number of hydrogen-bond acceptors (Lipinski definition) is 11. The Morgan fingerprint density at radius 2 is 1.59 bits per heavy atom. The van der Waals surface area contributed by atoms with Gasteiger partial charge in [0.2, 0.25) is 11.8 Å². The monoisotopic (exact) mass is 850 g/mol. The van der Waals surface area contributed by atoms with Gasteiger partial charge in [-0.25, -0.2) is 0 Å². The average molecular weight is 851 g/mol. The molecule has 2 atom stereocenters. The predicted octanol–water partition coefficient (Wildman–Crippen LogP) is 5.55. The first-order valence-corrected chi connectivity index (χ1v) is 22.1. The lowest BCUT2D eigenvalue weighted by atomic mass is 9.49. The third kappa shape index (κ3) is 7.45. The maximum atomic E-state index is 13.7. The molecule has 1 unspecified atom stereocenters. The van der Waals surface area contributed by atoms with Crippen molar-refractivity contribution in [1.29, 1.82) is 5.26 Å². The summed E-state index contributed by atoms with van der Waals surface area (Å²) in [5.74, 6) is -0.845. The fraction of sp³-hybridized carbons (Fsp3) is 0.449. The number of hydrogen-bond donors (Lipinski definition) is 2. The molecule has 1 aromatic heterocycles. The topological polar surface area (TPSA) is 168 Å². The quantitative estimate of drug-likeness (QED) is 0.203. The highest BCUT2D eigenvalue weighted by molar-refractivity contribution is 6.23. The van der Waals surface area contributed by atoms with Crippen LogP contribution >= 0.6 is 0 Å². The van der Waals surface area contributed by atoms with Crippen LogP contribution in [0.5, 0.6) is 5.75 Å². The van der Waals surface area contributed by atoms with Gasteiger partial charge in [-0.2, -0.15) is 5.26 Å². The van der Waals surface area contributed by atoms with Crippen LogP contribution < -0.4 is 25.2 Å². The van der Waals surface area contributed by atoms with Gasteiger partial charge in [-0.3, -0.25) is 44.1 Å². The summed E-state index contributed by atoms with van der Waals surface area (Å²) in [6.07, 6.45) is 3.86. The van der Waals surface area contributed by atoms with Gasteiger partial charge in [0.25, 0.3) is 17.7 Å². The first-order valence-electron chi connectivity index (χ1n) is 22.1. The first kappa shape index (κ1) is 42.0. The zero-order valence-corrected chi connectivity index (χ0v) is 36.5. The third-order valence-electron chi connectivity index (χ3n) is 14.4. The number of benzene rings is 3. The number of piperazine rings is 1. The molecule has 4 fully saturated rings. The summed E-state index contributed by atoms with van der Waals surface area (Å²) >= 11 is 0. The Morgan fingerprint density at radius 3 is 2.29 bits per heavy atom. The van der Waals surface area contributed by atoms with Gasteiger partial charge in [0, 0.05) is 97.1 Å². The number of anilines is 2. The highest BCUT2D eigenvalue weighted by atomic mass is 16.5. The van der Waals surface area contributed by atoms with E-state index in [1.54, 1.807) is 24.4 Å². The number of fused-ring (bicyclic) bond motifs is 2. The van der Waals surface area contributed by atoms with Crippen molar-refractivity contribution in [2.75, 3.05) is 49.1 Å². The van der Waals surface area contributed by atoms with E-state index in [-0.39, 0.29) is 47.8 Å². The van der Waals surface area contributed by atoms with Crippen molar-refractivity contribution in [1.82, 2.24) is 25.4 Å². The molecule has 326 valence electrons. The minimum absolute atomic E-state index is 0.0881. The zero-order valence-electron chi connectivity index (χ0n) is 36.5. The molecule has 5 heterocycles. The van der Waals surface area contributed by atoms with Crippen LogP contribution in [-0.2, 0) is 9.59 Å². The number of imide groups is 2.